The smallest absolute Gasteiger partial charge is 0.224 e. The molecular formula is C20H25ClN2O2. The Labute approximate surface area is 153 Å². The van der Waals surface area contributed by atoms with Crippen LogP contribution >= 0.6 is 11.6 Å². The summed E-state index contributed by atoms with van der Waals surface area (Å²) in [4.78, 5) is 24.3. The molecule has 4 saturated carbocycles. The lowest BCUT2D eigenvalue weighted by Crippen LogP contribution is -2.53. The Morgan fingerprint density at radius 1 is 1.08 bits per heavy atom. The number of nitrogens with one attached hydrogen (secondary N) is 1. The number of hydrogen-bond acceptors (Lipinski definition) is 2. The molecule has 0 radical (unpaired) electrons. The molecule has 25 heavy (non-hydrogen) atoms. The predicted molar refractivity (Wildman–Crippen MR) is 98.1 cm³/mol. The van der Waals surface area contributed by atoms with E-state index < -0.39 is 0 Å². The Morgan fingerprint density at radius 3 is 2.28 bits per heavy atom. The summed E-state index contributed by atoms with van der Waals surface area (Å²) in [7, 11) is 0. The molecule has 4 nitrogen and oxygen atoms in total. The summed E-state index contributed by atoms with van der Waals surface area (Å²) in [5, 5.41) is 3.54. The zero-order chi connectivity index (χ0) is 17.7. The van der Waals surface area contributed by atoms with E-state index in [2.05, 4.69) is 5.32 Å². The summed E-state index contributed by atoms with van der Waals surface area (Å²) < 4.78 is 0. The van der Waals surface area contributed by atoms with Gasteiger partial charge in [-0.15, -0.1) is 0 Å². The van der Waals surface area contributed by atoms with Crippen LogP contribution in [0.4, 0.5) is 5.69 Å². The molecule has 4 fully saturated rings. The van der Waals surface area contributed by atoms with Crippen molar-refractivity contribution in [2.45, 2.75) is 51.4 Å². The third kappa shape index (κ3) is 3.29. The number of halogens is 1. The zero-order valence-corrected chi connectivity index (χ0v) is 15.1. The third-order valence-corrected chi connectivity index (χ3v) is 6.87. The second kappa shape index (κ2) is 6.01. The predicted octanol–water partition coefficient (Wildman–Crippen LogP) is 4.13. The van der Waals surface area contributed by atoms with Crippen LogP contribution in [0.3, 0.4) is 0 Å². The fraction of sp³-hybridized carbons (Fsp3) is 0.600. The number of para-hydroxylation sites is 1. The molecule has 0 aliphatic heterocycles. The molecule has 2 atom stereocenters. The van der Waals surface area contributed by atoms with Gasteiger partial charge in [0.15, 0.2) is 0 Å². The average molecular weight is 361 g/mol. The Bertz CT molecular complexity index is 703. The molecule has 4 aliphatic rings. The summed E-state index contributed by atoms with van der Waals surface area (Å²) in [5.41, 5.74) is 6.29. The summed E-state index contributed by atoms with van der Waals surface area (Å²) in [6.07, 6.45) is 7.67. The first-order valence-electron chi connectivity index (χ1n) is 9.20. The van der Waals surface area contributed by atoms with Crippen molar-refractivity contribution in [3.05, 3.63) is 29.3 Å². The highest BCUT2D eigenvalue weighted by molar-refractivity contribution is 6.33. The molecule has 2 amide bonds. The van der Waals surface area contributed by atoms with E-state index in [1.54, 1.807) is 6.07 Å². The van der Waals surface area contributed by atoms with Crippen LogP contribution in [0.1, 0.15) is 51.4 Å². The van der Waals surface area contributed by atoms with Gasteiger partial charge in [0.25, 0.3) is 0 Å². The number of amides is 2. The van der Waals surface area contributed by atoms with Crippen LogP contribution in [-0.2, 0) is 9.59 Å². The highest BCUT2D eigenvalue weighted by Crippen LogP contribution is 2.67. The van der Waals surface area contributed by atoms with Gasteiger partial charge >= 0.3 is 0 Å². The minimum atomic E-state index is -0.197. The van der Waals surface area contributed by atoms with Crippen molar-refractivity contribution >= 4 is 29.1 Å². The first kappa shape index (κ1) is 16.9. The van der Waals surface area contributed by atoms with E-state index in [-0.39, 0.29) is 22.6 Å². The lowest BCUT2D eigenvalue weighted by Gasteiger charge is -2.62. The van der Waals surface area contributed by atoms with E-state index in [1.165, 1.54) is 6.42 Å². The van der Waals surface area contributed by atoms with Gasteiger partial charge in [-0.3, -0.25) is 9.59 Å². The van der Waals surface area contributed by atoms with E-state index in [4.69, 9.17) is 17.3 Å². The van der Waals surface area contributed by atoms with Crippen LogP contribution < -0.4 is 11.1 Å². The number of hydrogen-bond donors (Lipinski definition) is 2. The Morgan fingerprint density at radius 2 is 1.68 bits per heavy atom. The Balaban J connectivity index is 1.51. The lowest BCUT2D eigenvalue weighted by molar-refractivity contribution is -0.142. The van der Waals surface area contributed by atoms with Gasteiger partial charge < -0.3 is 11.1 Å². The van der Waals surface area contributed by atoms with Gasteiger partial charge in [-0.1, -0.05) is 23.7 Å². The second-order valence-electron chi connectivity index (χ2n) is 8.81. The quantitative estimate of drug-likeness (QED) is 0.828. The van der Waals surface area contributed by atoms with Crippen molar-refractivity contribution in [2.75, 3.05) is 5.32 Å². The topological polar surface area (TPSA) is 72.2 Å². The van der Waals surface area contributed by atoms with Crippen LogP contribution in [0.2, 0.25) is 5.02 Å². The molecule has 0 aromatic heterocycles. The maximum atomic E-state index is 12.7. The number of carbonyl (C=O) groups excluding carboxylic acids is 2. The van der Waals surface area contributed by atoms with Gasteiger partial charge in [-0.05, 0) is 73.3 Å². The van der Waals surface area contributed by atoms with Gasteiger partial charge in [-0.25, -0.2) is 0 Å². The number of anilines is 1. The van der Waals surface area contributed by atoms with Crippen molar-refractivity contribution < 1.29 is 9.59 Å². The average Bonchev–Trinajstić information content (AvgIpc) is 2.46. The molecule has 134 valence electrons. The van der Waals surface area contributed by atoms with E-state index in [0.717, 1.165) is 32.1 Å². The summed E-state index contributed by atoms with van der Waals surface area (Å²) in [6.45, 7) is 0. The van der Waals surface area contributed by atoms with Crippen LogP contribution in [0, 0.1) is 22.7 Å². The molecule has 1 aromatic carbocycles. The minimum Gasteiger partial charge on any atom is -0.370 e. The molecule has 4 bridgehead atoms. The molecule has 5 rings (SSSR count). The maximum absolute atomic E-state index is 12.7. The van der Waals surface area contributed by atoms with Crippen LogP contribution in [-0.4, -0.2) is 11.8 Å². The Hall–Kier alpha value is -1.55. The van der Waals surface area contributed by atoms with Crippen LogP contribution in [0.25, 0.3) is 0 Å². The van der Waals surface area contributed by atoms with E-state index in [1.807, 2.05) is 18.2 Å². The van der Waals surface area contributed by atoms with E-state index in [0.29, 0.717) is 35.4 Å². The molecule has 3 N–H and O–H groups in total. The van der Waals surface area contributed by atoms with E-state index >= 15 is 0 Å². The molecule has 4 aliphatic carbocycles. The fourth-order valence-electron chi connectivity index (χ4n) is 6.53. The SMILES string of the molecule is NC(=O)CC12CC3CC(C1)CC(CC(=O)Nc1ccccc1Cl)(C3)C2. The van der Waals surface area contributed by atoms with Gasteiger partial charge in [0.05, 0.1) is 10.7 Å². The van der Waals surface area contributed by atoms with Crippen molar-refractivity contribution in [2.24, 2.45) is 28.4 Å². The highest BCUT2D eigenvalue weighted by Gasteiger charge is 2.58. The summed E-state index contributed by atoms with van der Waals surface area (Å²) in [5.74, 6) is 1.13. The summed E-state index contributed by atoms with van der Waals surface area (Å²) >= 11 is 6.16. The van der Waals surface area contributed by atoms with Crippen molar-refractivity contribution in [1.82, 2.24) is 0 Å². The van der Waals surface area contributed by atoms with Crippen molar-refractivity contribution in [1.29, 1.82) is 0 Å². The van der Waals surface area contributed by atoms with Crippen molar-refractivity contribution in [3.8, 4) is 0 Å². The van der Waals surface area contributed by atoms with Gasteiger partial charge in [0.1, 0.15) is 0 Å². The third-order valence-electron chi connectivity index (χ3n) is 6.54. The molecule has 5 heteroatoms. The lowest BCUT2D eigenvalue weighted by atomic mass is 9.43. The maximum Gasteiger partial charge on any atom is 0.224 e. The molecular weight excluding hydrogens is 336 g/mol. The first-order chi connectivity index (χ1) is 11.9. The zero-order valence-electron chi connectivity index (χ0n) is 14.4. The number of carbonyl (C=O) groups is 2. The molecule has 0 saturated heterocycles. The molecule has 2 unspecified atom stereocenters. The first-order valence-corrected chi connectivity index (χ1v) is 9.58. The number of benzene rings is 1. The van der Waals surface area contributed by atoms with Gasteiger partial charge in [0, 0.05) is 12.8 Å². The van der Waals surface area contributed by atoms with Gasteiger partial charge in [-0.2, -0.15) is 0 Å². The van der Waals surface area contributed by atoms with Crippen LogP contribution in [0.5, 0.6) is 0 Å². The molecule has 0 heterocycles. The highest BCUT2D eigenvalue weighted by atomic mass is 35.5. The standard InChI is InChI=1S/C20H25ClN2O2/c21-15-3-1-2-4-16(15)23-18(25)11-20-8-13-5-14(9-20)7-19(6-13,12-20)10-17(22)24/h1-4,13-14H,5-12H2,(H2,22,24)(H,23,25). The normalized spacial score (nSPS) is 35.6. The van der Waals surface area contributed by atoms with E-state index in [9.17, 15) is 9.59 Å². The van der Waals surface area contributed by atoms with Crippen LogP contribution in [0.15, 0.2) is 24.3 Å². The number of rotatable bonds is 5. The fourth-order valence-corrected chi connectivity index (χ4v) is 6.71. The molecule has 0 spiro atoms. The second-order valence-corrected chi connectivity index (χ2v) is 9.22. The van der Waals surface area contributed by atoms with Gasteiger partial charge in [0.2, 0.25) is 11.8 Å². The largest absolute Gasteiger partial charge is 0.370 e. The number of nitrogens with two attached hydrogens (primary N) is 1. The molecule has 1 aromatic rings. The Kier molecular flexibility index (Phi) is 4.06. The minimum absolute atomic E-state index is 0.0317. The number of primary amides is 1. The monoisotopic (exact) mass is 360 g/mol. The van der Waals surface area contributed by atoms with Crippen molar-refractivity contribution in [3.63, 3.8) is 0 Å². The summed E-state index contributed by atoms with van der Waals surface area (Å²) in [6, 6.07) is 7.33.